The smallest absolute Gasteiger partial charge is 0.0423 e. The number of pyridine rings is 1. The maximum absolute atomic E-state index is 4.50. The zero-order chi connectivity index (χ0) is 15.5. The Kier molecular flexibility index (Phi) is 5.17. The second kappa shape index (κ2) is 6.71. The van der Waals surface area contributed by atoms with Crippen molar-refractivity contribution in [2.75, 3.05) is 7.05 Å². The fraction of sp³-hybridized carbons (Fsp3) is 0.389. The molecule has 2 nitrogen and oxygen atoms in total. The van der Waals surface area contributed by atoms with Crippen molar-refractivity contribution < 1.29 is 0 Å². The van der Waals surface area contributed by atoms with E-state index in [0.717, 1.165) is 16.6 Å². The third-order valence-electron chi connectivity index (χ3n) is 3.69. The minimum atomic E-state index is 0.138. The fourth-order valence-corrected chi connectivity index (χ4v) is 2.82. The number of likely N-dealkylation sites (N-methyl/N-ethyl adjacent to an activating group) is 1. The summed E-state index contributed by atoms with van der Waals surface area (Å²) in [5.41, 5.74) is 3.98. The van der Waals surface area contributed by atoms with Gasteiger partial charge in [0.15, 0.2) is 0 Å². The summed E-state index contributed by atoms with van der Waals surface area (Å²) in [6.07, 6.45) is 2.74. The van der Waals surface area contributed by atoms with Crippen LogP contribution in [0.15, 0.2) is 47.1 Å². The molecule has 1 atom stereocenters. The molecular formula is C18H23BrN2. The minimum absolute atomic E-state index is 0.138. The molecule has 1 N–H and O–H groups in total. The van der Waals surface area contributed by atoms with Crippen LogP contribution in [0, 0.1) is 0 Å². The number of hydrogen-bond donors (Lipinski definition) is 1. The van der Waals surface area contributed by atoms with Crippen molar-refractivity contribution in [3.63, 3.8) is 0 Å². The summed E-state index contributed by atoms with van der Waals surface area (Å²) in [7, 11) is 2.02. The second-order valence-electron chi connectivity index (χ2n) is 6.35. The van der Waals surface area contributed by atoms with Gasteiger partial charge in [0.2, 0.25) is 0 Å². The Morgan fingerprint density at radius 3 is 2.43 bits per heavy atom. The molecule has 1 unspecified atom stereocenters. The van der Waals surface area contributed by atoms with Gasteiger partial charge in [0.05, 0.1) is 0 Å². The predicted molar refractivity (Wildman–Crippen MR) is 92.6 cm³/mol. The molecule has 0 saturated heterocycles. The van der Waals surface area contributed by atoms with Gasteiger partial charge in [-0.1, -0.05) is 45.0 Å². The first-order chi connectivity index (χ1) is 9.91. The fourth-order valence-electron chi connectivity index (χ4n) is 2.59. The summed E-state index contributed by atoms with van der Waals surface area (Å²) in [5, 5.41) is 3.44. The van der Waals surface area contributed by atoms with Crippen molar-refractivity contribution in [1.29, 1.82) is 0 Å². The van der Waals surface area contributed by atoms with E-state index in [2.05, 4.69) is 77.3 Å². The highest BCUT2D eigenvalue weighted by molar-refractivity contribution is 9.10. The first kappa shape index (κ1) is 16.2. The molecule has 2 rings (SSSR count). The molecule has 112 valence electrons. The number of rotatable bonds is 4. The highest BCUT2D eigenvalue weighted by atomic mass is 79.9. The average Bonchev–Trinajstić information content (AvgIpc) is 2.46. The Morgan fingerprint density at radius 2 is 1.86 bits per heavy atom. The Labute approximate surface area is 136 Å². The van der Waals surface area contributed by atoms with Crippen LogP contribution in [-0.2, 0) is 11.8 Å². The van der Waals surface area contributed by atoms with Gasteiger partial charge >= 0.3 is 0 Å². The van der Waals surface area contributed by atoms with Gasteiger partial charge in [-0.25, -0.2) is 0 Å². The maximum Gasteiger partial charge on any atom is 0.0423 e. The number of nitrogens with zero attached hydrogens (tertiary/aromatic N) is 1. The van der Waals surface area contributed by atoms with Gasteiger partial charge in [-0.15, -0.1) is 0 Å². The molecule has 0 spiro atoms. The van der Waals surface area contributed by atoms with Crippen molar-refractivity contribution in [3.05, 3.63) is 63.9 Å². The molecule has 21 heavy (non-hydrogen) atoms. The normalized spacial score (nSPS) is 13.2. The molecule has 0 aliphatic rings. The van der Waals surface area contributed by atoms with Gasteiger partial charge in [-0.05, 0) is 51.7 Å². The predicted octanol–water partition coefficient (Wildman–Crippen LogP) is 4.64. The lowest BCUT2D eigenvalue weighted by molar-refractivity contribution is 0.535. The topological polar surface area (TPSA) is 24.9 Å². The molecule has 0 saturated carbocycles. The van der Waals surface area contributed by atoms with Crippen molar-refractivity contribution in [2.24, 2.45) is 0 Å². The van der Waals surface area contributed by atoms with Gasteiger partial charge in [0, 0.05) is 28.8 Å². The number of hydrogen-bond acceptors (Lipinski definition) is 2. The summed E-state index contributed by atoms with van der Waals surface area (Å²) < 4.78 is 1.02. The van der Waals surface area contributed by atoms with E-state index in [1.54, 1.807) is 0 Å². The second-order valence-corrected chi connectivity index (χ2v) is 7.27. The van der Waals surface area contributed by atoms with Crippen LogP contribution in [0.5, 0.6) is 0 Å². The van der Waals surface area contributed by atoms with Gasteiger partial charge in [-0.2, -0.15) is 0 Å². The minimum Gasteiger partial charge on any atom is -0.313 e. The Morgan fingerprint density at radius 1 is 1.14 bits per heavy atom. The van der Waals surface area contributed by atoms with Crippen LogP contribution in [0.4, 0.5) is 0 Å². The highest BCUT2D eigenvalue weighted by Gasteiger charge is 2.22. The quantitative estimate of drug-likeness (QED) is 0.871. The molecule has 0 amide bonds. The lowest BCUT2D eigenvalue weighted by atomic mass is 9.81. The molecule has 0 aliphatic heterocycles. The SMILES string of the molecule is CNC(Cc1ccc(Br)cn1)c1ccccc1C(C)(C)C. The lowest BCUT2D eigenvalue weighted by Crippen LogP contribution is -2.24. The molecular weight excluding hydrogens is 324 g/mol. The number of halogens is 1. The van der Waals surface area contributed by atoms with E-state index in [1.165, 1.54) is 11.1 Å². The van der Waals surface area contributed by atoms with Crippen LogP contribution < -0.4 is 5.32 Å². The van der Waals surface area contributed by atoms with Gasteiger partial charge in [0.1, 0.15) is 0 Å². The van der Waals surface area contributed by atoms with Gasteiger partial charge < -0.3 is 5.32 Å². The van der Waals surface area contributed by atoms with E-state index in [9.17, 15) is 0 Å². The largest absolute Gasteiger partial charge is 0.313 e. The van der Waals surface area contributed by atoms with Crippen molar-refractivity contribution in [2.45, 2.75) is 38.6 Å². The Hall–Kier alpha value is -1.19. The standard InChI is InChI=1S/C18H23BrN2/c1-18(2,3)16-8-6-5-7-15(16)17(20-4)11-14-10-9-13(19)12-21-14/h5-10,12,17,20H,11H2,1-4H3. The first-order valence-electron chi connectivity index (χ1n) is 7.29. The number of nitrogens with one attached hydrogen (secondary N) is 1. The van der Waals surface area contributed by atoms with Gasteiger partial charge in [-0.3, -0.25) is 4.98 Å². The van der Waals surface area contributed by atoms with Crippen molar-refractivity contribution in [3.8, 4) is 0 Å². The van der Waals surface area contributed by atoms with E-state index in [4.69, 9.17) is 0 Å². The summed E-state index contributed by atoms with van der Waals surface area (Å²) in [6, 6.07) is 13.1. The maximum atomic E-state index is 4.50. The van der Waals surface area contributed by atoms with E-state index in [-0.39, 0.29) is 11.5 Å². The number of aromatic nitrogens is 1. The third kappa shape index (κ3) is 4.14. The van der Waals surface area contributed by atoms with Crippen LogP contribution in [0.2, 0.25) is 0 Å². The molecule has 0 fully saturated rings. The average molecular weight is 347 g/mol. The van der Waals surface area contributed by atoms with Crippen molar-refractivity contribution in [1.82, 2.24) is 10.3 Å². The summed E-state index contributed by atoms with van der Waals surface area (Å²) in [4.78, 5) is 4.50. The Bertz CT molecular complexity index is 585. The molecule has 0 aliphatic carbocycles. The number of benzene rings is 1. The zero-order valence-electron chi connectivity index (χ0n) is 13.2. The van der Waals surface area contributed by atoms with E-state index < -0.39 is 0 Å². The molecule has 3 heteroatoms. The summed E-state index contributed by atoms with van der Waals surface area (Å²) >= 11 is 3.43. The molecule has 0 radical (unpaired) electrons. The zero-order valence-corrected chi connectivity index (χ0v) is 14.7. The lowest BCUT2D eigenvalue weighted by Gasteiger charge is -2.27. The first-order valence-corrected chi connectivity index (χ1v) is 8.08. The summed E-state index contributed by atoms with van der Waals surface area (Å²) in [6.45, 7) is 6.78. The molecule has 1 aromatic heterocycles. The van der Waals surface area contributed by atoms with Crippen LogP contribution >= 0.6 is 15.9 Å². The van der Waals surface area contributed by atoms with Gasteiger partial charge in [0.25, 0.3) is 0 Å². The molecule has 1 heterocycles. The van der Waals surface area contributed by atoms with Crippen LogP contribution in [-0.4, -0.2) is 12.0 Å². The third-order valence-corrected chi connectivity index (χ3v) is 4.16. The molecule has 1 aromatic carbocycles. The van der Waals surface area contributed by atoms with E-state index in [1.807, 2.05) is 19.3 Å². The van der Waals surface area contributed by atoms with Crippen LogP contribution in [0.1, 0.15) is 43.6 Å². The monoisotopic (exact) mass is 346 g/mol. The molecule has 0 bridgehead atoms. The van der Waals surface area contributed by atoms with Crippen LogP contribution in [0.3, 0.4) is 0 Å². The van der Waals surface area contributed by atoms with Crippen molar-refractivity contribution >= 4 is 15.9 Å². The summed E-state index contributed by atoms with van der Waals surface area (Å²) in [5.74, 6) is 0. The van der Waals surface area contributed by atoms with E-state index in [0.29, 0.717) is 0 Å². The Balaban J connectivity index is 2.32. The highest BCUT2D eigenvalue weighted by Crippen LogP contribution is 2.30. The molecule has 2 aromatic rings. The van der Waals surface area contributed by atoms with E-state index >= 15 is 0 Å². The van der Waals surface area contributed by atoms with Crippen LogP contribution in [0.25, 0.3) is 0 Å².